The fraction of sp³-hybridized carbons (Fsp3) is 0.105. The predicted molar refractivity (Wildman–Crippen MR) is 99.1 cm³/mol. The van der Waals surface area contributed by atoms with Gasteiger partial charge in [-0.2, -0.15) is 0 Å². The summed E-state index contributed by atoms with van der Waals surface area (Å²) in [6, 6.07) is 17.7. The van der Waals surface area contributed by atoms with Crippen LogP contribution in [-0.4, -0.2) is 20.4 Å². The van der Waals surface area contributed by atoms with Crippen LogP contribution in [-0.2, 0) is 17.9 Å². The van der Waals surface area contributed by atoms with Crippen molar-refractivity contribution in [1.29, 1.82) is 0 Å². The van der Waals surface area contributed by atoms with Gasteiger partial charge in [0.25, 0.3) is 0 Å². The largest absolute Gasteiger partial charge is 0.350 e. The first kappa shape index (κ1) is 15.5. The van der Waals surface area contributed by atoms with Crippen molar-refractivity contribution in [1.82, 2.24) is 19.9 Å². The van der Waals surface area contributed by atoms with Crippen LogP contribution in [0.1, 0.15) is 5.56 Å². The third-order valence-electron chi connectivity index (χ3n) is 3.95. The van der Waals surface area contributed by atoms with Crippen LogP contribution in [0.25, 0.3) is 22.6 Å². The Bertz CT molecular complexity index is 993. The maximum atomic E-state index is 12.5. The van der Waals surface area contributed by atoms with Crippen molar-refractivity contribution >= 4 is 28.3 Å². The maximum absolute atomic E-state index is 12.5. The summed E-state index contributed by atoms with van der Waals surface area (Å²) >= 11 is 1.51. The van der Waals surface area contributed by atoms with Gasteiger partial charge in [0.05, 0.1) is 16.5 Å². The first-order chi connectivity index (χ1) is 12.3. The van der Waals surface area contributed by atoms with E-state index in [0.29, 0.717) is 6.54 Å². The van der Waals surface area contributed by atoms with Crippen LogP contribution in [0.15, 0.2) is 65.5 Å². The first-order valence-electron chi connectivity index (χ1n) is 7.96. The average molecular weight is 348 g/mol. The molecule has 0 bridgehead atoms. The van der Waals surface area contributed by atoms with E-state index < -0.39 is 0 Å². The van der Waals surface area contributed by atoms with Crippen LogP contribution < -0.4 is 5.32 Å². The van der Waals surface area contributed by atoms with Crippen molar-refractivity contribution in [2.45, 2.75) is 13.1 Å². The number of benzene rings is 2. The third-order valence-corrected chi connectivity index (χ3v) is 4.54. The van der Waals surface area contributed by atoms with Gasteiger partial charge in [0, 0.05) is 11.9 Å². The zero-order valence-electron chi connectivity index (χ0n) is 13.4. The molecular formula is C19H16N4OS. The minimum atomic E-state index is -0.0523. The summed E-state index contributed by atoms with van der Waals surface area (Å²) in [5.74, 6) is 0.667. The number of rotatable bonds is 5. The summed E-state index contributed by atoms with van der Waals surface area (Å²) in [6.45, 7) is 0.721. The Morgan fingerprint density at radius 2 is 1.88 bits per heavy atom. The van der Waals surface area contributed by atoms with Gasteiger partial charge in [-0.25, -0.2) is 9.97 Å². The van der Waals surface area contributed by atoms with E-state index in [1.807, 2.05) is 64.5 Å². The average Bonchev–Trinajstić information content (AvgIpc) is 3.29. The van der Waals surface area contributed by atoms with E-state index in [1.54, 1.807) is 5.51 Å². The highest BCUT2D eigenvalue weighted by Gasteiger charge is 2.16. The van der Waals surface area contributed by atoms with E-state index in [9.17, 15) is 4.79 Å². The molecule has 5 nitrogen and oxygen atoms in total. The molecule has 4 aromatic rings. The highest BCUT2D eigenvalue weighted by atomic mass is 32.1. The zero-order valence-corrected chi connectivity index (χ0v) is 14.2. The molecule has 2 aromatic heterocycles. The topological polar surface area (TPSA) is 59.8 Å². The van der Waals surface area contributed by atoms with Crippen molar-refractivity contribution < 1.29 is 4.79 Å². The Labute approximate surface area is 149 Å². The number of nitrogens with zero attached hydrogens (tertiary/aromatic N) is 3. The quantitative estimate of drug-likeness (QED) is 0.601. The van der Waals surface area contributed by atoms with Crippen molar-refractivity contribution in [3.05, 3.63) is 71.1 Å². The second-order valence-electron chi connectivity index (χ2n) is 5.65. The van der Waals surface area contributed by atoms with Crippen LogP contribution in [0.4, 0.5) is 0 Å². The van der Waals surface area contributed by atoms with Crippen molar-refractivity contribution in [3.63, 3.8) is 0 Å². The molecule has 0 radical (unpaired) electrons. The second-order valence-corrected chi connectivity index (χ2v) is 6.36. The molecule has 25 heavy (non-hydrogen) atoms. The van der Waals surface area contributed by atoms with Gasteiger partial charge in [-0.05, 0) is 17.7 Å². The molecule has 1 N–H and O–H groups in total. The van der Waals surface area contributed by atoms with Gasteiger partial charge < -0.3 is 9.88 Å². The maximum Gasteiger partial charge on any atom is 0.240 e. The number of amides is 1. The minimum absolute atomic E-state index is 0.0523. The number of para-hydroxylation sites is 2. The fourth-order valence-corrected chi connectivity index (χ4v) is 3.28. The summed E-state index contributed by atoms with van der Waals surface area (Å²) in [7, 11) is 0. The van der Waals surface area contributed by atoms with E-state index in [-0.39, 0.29) is 12.5 Å². The highest BCUT2D eigenvalue weighted by Crippen LogP contribution is 2.24. The lowest BCUT2D eigenvalue weighted by Gasteiger charge is -2.09. The van der Waals surface area contributed by atoms with E-state index in [0.717, 1.165) is 28.1 Å². The number of fused-ring (bicyclic) bond motifs is 1. The number of carbonyl (C=O) groups is 1. The third kappa shape index (κ3) is 3.29. The van der Waals surface area contributed by atoms with E-state index in [4.69, 9.17) is 0 Å². The van der Waals surface area contributed by atoms with E-state index in [1.165, 1.54) is 11.3 Å². The molecule has 0 spiro atoms. The smallest absolute Gasteiger partial charge is 0.240 e. The Kier molecular flexibility index (Phi) is 4.26. The van der Waals surface area contributed by atoms with Gasteiger partial charge in [-0.3, -0.25) is 4.79 Å². The van der Waals surface area contributed by atoms with Gasteiger partial charge >= 0.3 is 0 Å². The molecule has 0 aliphatic heterocycles. The van der Waals surface area contributed by atoms with Crippen molar-refractivity contribution in [2.75, 3.05) is 0 Å². The number of thiazole rings is 1. The number of aromatic nitrogens is 3. The molecule has 6 heteroatoms. The highest BCUT2D eigenvalue weighted by molar-refractivity contribution is 7.07. The van der Waals surface area contributed by atoms with Crippen LogP contribution in [0.3, 0.4) is 0 Å². The summed E-state index contributed by atoms with van der Waals surface area (Å²) in [5, 5.41) is 4.91. The lowest BCUT2D eigenvalue weighted by Crippen LogP contribution is -2.27. The van der Waals surface area contributed by atoms with Crippen LogP contribution in [0, 0.1) is 0 Å². The lowest BCUT2D eigenvalue weighted by molar-refractivity contribution is -0.121. The molecule has 2 heterocycles. The molecule has 0 fully saturated rings. The van der Waals surface area contributed by atoms with Crippen molar-refractivity contribution in [2.24, 2.45) is 0 Å². The molecule has 0 unspecified atom stereocenters. The van der Waals surface area contributed by atoms with Gasteiger partial charge in [0.2, 0.25) is 5.91 Å². The molecular weight excluding hydrogens is 332 g/mol. The second kappa shape index (κ2) is 6.86. The normalized spacial score (nSPS) is 10.9. The first-order valence-corrected chi connectivity index (χ1v) is 8.90. The molecule has 2 aromatic carbocycles. The molecule has 0 aliphatic rings. The number of hydrogen-bond acceptors (Lipinski definition) is 4. The number of imidazole rings is 1. The fourth-order valence-electron chi connectivity index (χ4n) is 2.75. The summed E-state index contributed by atoms with van der Waals surface area (Å²) in [4.78, 5) is 21.5. The molecule has 0 saturated heterocycles. The van der Waals surface area contributed by atoms with Gasteiger partial charge in [0.15, 0.2) is 5.82 Å². The Balaban J connectivity index is 1.60. The Morgan fingerprint density at radius 3 is 2.68 bits per heavy atom. The van der Waals surface area contributed by atoms with Gasteiger partial charge in [0.1, 0.15) is 12.2 Å². The Hall–Kier alpha value is -2.99. The number of nitrogens with one attached hydrogen (secondary N) is 1. The number of hydrogen-bond donors (Lipinski definition) is 1. The van der Waals surface area contributed by atoms with Crippen LogP contribution in [0.5, 0.6) is 0 Å². The molecule has 1 amide bonds. The van der Waals surface area contributed by atoms with Crippen LogP contribution in [0.2, 0.25) is 0 Å². The minimum Gasteiger partial charge on any atom is -0.350 e. The molecule has 0 atom stereocenters. The lowest BCUT2D eigenvalue weighted by atomic mass is 10.2. The number of carbonyl (C=O) groups excluding carboxylic acids is 1. The van der Waals surface area contributed by atoms with Crippen molar-refractivity contribution in [3.8, 4) is 11.5 Å². The summed E-state index contributed by atoms with van der Waals surface area (Å²) < 4.78 is 1.92. The summed E-state index contributed by atoms with van der Waals surface area (Å²) in [6.07, 6.45) is 0. The van der Waals surface area contributed by atoms with Crippen LogP contribution >= 0.6 is 11.3 Å². The molecule has 0 saturated carbocycles. The van der Waals surface area contributed by atoms with Gasteiger partial charge in [-0.1, -0.05) is 42.5 Å². The van der Waals surface area contributed by atoms with E-state index in [2.05, 4.69) is 15.3 Å². The predicted octanol–water partition coefficient (Wildman–Crippen LogP) is 3.48. The van der Waals surface area contributed by atoms with E-state index >= 15 is 0 Å². The van der Waals surface area contributed by atoms with Gasteiger partial charge in [-0.15, -0.1) is 11.3 Å². The monoisotopic (exact) mass is 348 g/mol. The standard InChI is InChI=1S/C19H16N4OS/c24-18(20-10-14-6-2-1-3-7-14)11-23-17-9-5-4-8-15(17)22-19(23)16-12-25-13-21-16/h1-9,12-13H,10-11H2,(H,20,24). The summed E-state index contributed by atoms with van der Waals surface area (Å²) in [5.41, 5.74) is 5.43. The Morgan fingerprint density at radius 1 is 1.08 bits per heavy atom. The molecule has 4 rings (SSSR count). The zero-order chi connectivity index (χ0) is 17.1. The SMILES string of the molecule is O=C(Cn1c(-c2cscn2)nc2ccccc21)NCc1ccccc1. The molecule has 124 valence electrons. The molecule has 0 aliphatic carbocycles.